The van der Waals surface area contributed by atoms with E-state index in [1.54, 1.807) is 0 Å². The summed E-state index contributed by atoms with van der Waals surface area (Å²) in [6.07, 6.45) is 2.61. The van der Waals surface area contributed by atoms with Crippen LogP contribution in [0, 0.1) is 12.8 Å². The lowest BCUT2D eigenvalue weighted by molar-refractivity contribution is 0.117. The smallest absolute Gasteiger partial charge is 0.170 e. The summed E-state index contributed by atoms with van der Waals surface area (Å²) in [5, 5.41) is 11.8. The molecule has 1 aromatic carbocycles. The van der Waals surface area contributed by atoms with Crippen molar-refractivity contribution in [1.29, 1.82) is 0 Å². The molecule has 1 saturated heterocycles. The zero-order valence-corrected chi connectivity index (χ0v) is 12.6. The highest BCUT2D eigenvalue weighted by Gasteiger charge is 2.23. The molecule has 3 N–H and O–H groups in total. The van der Waals surface area contributed by atoms with E-state index < -0.39 is 0 Å². The molecule has 1 aliphatic heterocycles. The van der Waals surface area contributed by atoms with Crippen LogP contribution in [0.3, 0.4) is 0 Å². The minimum absolute atomic E-state index is 0.166. The Kier molecular flexibility index (Phi) is 4.65. The van der Waals surface area contributed by atoms with Crippen LogP contribution in [0.4, 0.5) is 0 Å². The van der Waals surface area contributed by atoms with E-state index in [0.29, 0.717) is 6.04 Å². The van der Waals surface area contributed by atoms with Crippen LogP contribution in [-0.4, -0.2) is 28.5 Å². The van der Waals surface area contributed by atoms with Gasteiger partial charge in [-0.25, -0.2) is 0 Å². The van der Waals surface area contributed by atoms with Gasteiger partial charge in [-0.05, 0) is 49.8 Å². The van der Waals surface area contributed by atoms with Gasteiger partial charge in [0.25, 0.3) is 0 Å². The van der Waals surface area contributed by atoms with Crippen molar-refractivity contribution in [3.63, 3.8) is 0 Å². The number of hydrogen-bond acceptors (Lipinski definition) is 3. The first-order valence-corrected chi connectivity index (χ1v) is 7.32. The molecule has 0 aliphatic carbocycles. The summed E-state index contributed by atoms with van der Waals surface area (Å²) in [5.74, 6) is 0.947. The average Bonchev–Trinajstić information content (AvgIpc) is 2.44. The summed E-state index contributed by atoms with van der Waals surface area (Å²) in [6.45, 7) is 8.87. The number of hydrogen-bond donors (Lipinski definition) is 2. The summed E-state index contributed by atoms with van der Waals surface area (Å²) in [7, 11) is 0. The molecule has 2 atom stereocenters. The van der Waals surface area contributed by atoms with Crippen molar-refractivity contribution >= 4 is 5.84 Å². The number of likely N-dealkylation sites (tertiary alicyclic amines) is 1. The molecule has 2 rings (SSSR count). The molecule has 0 saturated carbocycles. The van der Waals surface area contributed by atoms with Gasteiger partial charge in [-0.1, -0.05) is 24.2 Å². The lowest BCUT2D eigenvalue weighted by Gasteiger charge is -2.37. The fourth-order valence-corrected chi connectivity index (χ4v) is 2.91. The van der Waals surface area contributed by atoms with E-state index in [2.05, 4.69) is 36.9 Å². The number of nitrogens with two attached hydrogens (primary N) is 1. The number of oxime groups is 1. The van der Waals surface area contributed by atoms with Crippen LogP contribution >= 0.6 is 0 Å². The third kappa shape index (κ3) is 3.31. The Bertz CT molecular complexity index is 498. The Balaban J connectivity index is 2.13. The SMILES string of the molecule is Cc1cc(/C(N)=N/O)ccc1CN1CC(C)CCC1C. The molecule has 0 bridgehead atoms. The highest BCUT2D eigenvalue weighted by atomic mass is 16.4. The highest BCUT2D eigenvalue weighted by Crippen LogP contribution is 2.24. The molecule has 1 aliphatic rings. The van der Waals surface area contributed by atoms with E-state index in [1.807, 2.05) is 12.1 Å². The lowest BCUT2D eigenvalue weighted by atomic mass is 9.94. The van der Waals surface area contributed by atoms with Crippen LogP contribution in [0.1, 0.15) is 43.4 Å². The number of rotatable bonds is 3. The fourth-order valence-electron chi connectivity index (χ4n) is 2.91. The fraction of sp³-hybridized carbons (Fsp3) is 0.562. The summed E-state index contributed by atoms with van der Waals surface area (Å²) in [5.41, 5.74) is 8.91. The Morgan fingerprint density at radius 2 is 2.15 bits per heavy atom. The van der Waals surface area contributed by atoms with Crippen molar-refractivity contribution in [1.82, 2.24) is 4.90 Å². The van der Waals surface area contributed by atoms with Gasteiger partial charge in [-0.2, -0.15) is 0 Å². The van der Waals surface area contributed by atoms with Crippen LogP contribution in [0.25, 0.3) is 0 Å². The Morgan fingerprint density at radius 3 is 2.80 bits per heavy atom. The standard InChI is InChI=1S/C16H25N3O/c1-11-4-5-13(3)19(9-11)10-15-7-6-14(8-12(15)2)16(17)18-20/h6-8,11,13,20H,4-5,9-10H2,1-3H3,(H2,17,18). The summed E-state index contributed by atoms with van der Waals surface area (Å²) in [4.78, 5) is 2.56. The normalized spacial score (nSPS) is 24.9. The minimum Gasteiger partial charge on any atom is -0.409 e. The van der Waals surface area contributed by atoms with E-state index in [4.69, 9.17) is 10.9 Å². The molecule has 0 aromatic heterocycles. The molecule has 4 heteroatoms. The van der Waals surface area contributed by atoms with Crippen LogP contribution in [0.15, 0.2) is 23.4 Å². The second-order valence-electron chi connectivity index (χ2n) is 6.09. The molecule has 110 valence electrons. The van der Waals surface area contributed by atoms with E-state index in [1.165, 1.54) is 30.5 Å². The Labute approximate surface area is 121 Å². The lowest BCUT2D eigenvalue weighted by Crippen LogP contribution is -2.40. The first kappa shape index (κ1) is 14.9. The number of piperidine rings is 1. The summed E-state index contributed by atoms with van der Waals surface area (Å²) in [6, 6.07) is 6.65. The second-order valence-corrected chi connectivity index (χ2v) is 6.09. The maximum Gasteiger partial charge on any atom is 0.170 e. The van der Waals surface area contributed by atoms with E-state index in [-0.39, 0.29) is 5.84 Å². The van der Waals surface area contributed by atoms with Crippen molar-refractivity contribution < 1.29 is 5.21 Å². The molecule has 0 spiro atoms. The Morgan fingerprint density at radius 1 is 1.40 bits per heavy atom. The van der Waals surface area contributed by atoms with E-state index in [9.17, 15) is 0 Å². The van der Waals surface area contributed by atoms with Crippen molar-refractivity contribution in [3.05, 3.63) is 34.9 Å². The largest absolute Gasteiger partial charge is 0.409 e. The van der Waals surface area contributed by atoms with Gasteiger partial charge in [0.1, 0.15) is 0 Å². The maximum absolute atomic E-state index is 8.73. The molecule has 1 heterocycles. The molecule has 2 unspecified atom stereocenters. The minimum atomic E-state index is 0.166. The summed E-state index contributed by atoms with van der Waals surface area (Å²) >= 11 is 0. The first-order chi connectivity index (χ1) is 9.51. The van der Waals surface area contributed by atoms with Crippen LogP contribution < -0.4 is 5.73 Å². The molecule has 1 aromatic rings. The van der Waals surface area contributed by atoms with Gasteiger partial charge in [0.05, 0.1) is 0 Å². The predicted molar refractivity (Wildman–Crippen MR) is 82.0 cm³/mol. The molecular weight excluding hydrogens is 250 g/mol. The van der Waals surface area contributed by atoms with Gasteiger partial charge in [-0.3, -0.25) is 4.90 Å². The number of nitrogens with zero attached hydrogens (tertiary/aromatic N) is 2. The van der Waals surface area contributed by atoms with Crippen LogP contribution in [0.2, 0.25) is 0 Å². The molecular formula is C16H25N3O. The number of aryl methyl sites for hydroxylation is 1. The predicted octanol–water partition coefficient (Wildman–Crippen LogP) is 2.71. The third-order valence-electron chi connectivity index (χ3n) is 4.37. The first-order valence-electron chi connectivity index (χ1n) is 7.32. The third-order valence-corrected chi connectivity index (χ3v) is 4.37. The van der Waals surface area contributed by atoms with Gasteiger partial charge in [-0.15, -0.1) is 0 Å². The van der Waals surface area contributed by atoms with Crippen molar-refractivity contribution in [2.24, 2.45) is 16.8 Å². The van der Waals surface area contributed by atoms with Crippen LogP contribution in [0.5, 0.6) is 0 Å². The van der Waals surface area contributed by atoms with Gasteiger partial charge in [0.15, 0.2) is 5.84 Å². The zero-order chi connectivity index (χ0) is 14.7. The van der Waals surface area contributed by atoms with Gasteiger partial charge in [0, 0.05) is 24.7 Å². The topological polar surface area (TPSA) is 61.9 Å². The Hall–Kier alpha value is -1.55. The second kappa shape index (κ2) is 6.27. The van der Waals surface area contributed by atoms with Crippen molar-refractivity contribution in [3.8, 4) is 0 Å². The van der Waals surface area contributed by atoms with Crippen LogP contribution in [-0.2, 0) is 6.54 Å². The average molecular weight is 275 g/mol. The molecule has 20 heavy (non-hydrogen) atoms. The highest BCUT2D eigenvalue weighted by molar-refractivity contribution is 5.97. The number of amidine groups is 1. The van der Waals surface area contributed by atoms with Gasteiger partial charge < -0.3 is 10.9 Å². The molecule has 0 amide bonds. The molecule has 0 radical (unpaired) electrons. The zero-order valence-electron chi connectivity index (χ0n) is 12.6. The monoisotopic (exact) mass is 275 g/mol. The van der Waals surface area contributed by atoms with Gasteiger partial charge in [0.2, 0.25) is 0 Å². The van der Waals surface area contributed by atoms with E-state index in [0.717, 1.165) is 18.0 Å². The summed E-state index contributed by atoms with van der Waals surface area (Å²) < 4.78 is 0. The van der Waals surface area contributed by atoms with Crippen molar-refractivity contribution in [2.45, 2.75) is 46.2 Å². The van der Waals surface area contributed by atoms with Gasteiger partial charge >= 0.3 is 0 Å². The van der Waals surface area contributed by atoms with E-state index >= 15 is 0 Å². The number of benzene rings is 1. The quantitative estimate of drug-likeness (QED) is 0.386. The maximum atomic E-state index is 8.73. The van der Waals surface area contributed by atoms with Crippen molar-refractivity contribution in [2.75, 3.05) is 6.54 Å². The molecule has 1 fully saturated rings. The molecule has 4 nitrogen and oxygen atoms in total.